The first kappa shape index (κ1) is 19.9. The van der Waals surface area contributed by atoms with E-state index in [4.69, 9.17) is 4.55 Å². The molecular formula is C22H33O3PS. The molecule has 0 amide bonds. The molecule has 4 rings (SSSR count). The van der Waals surface area contributed by atoms with Crippen molar-refractivity contribution in [3.05, 3.63) is 29.8 Å². The van der Waals surface area contributed by atoms with Gasteiger partial charge in [-0.2, -0.15) is 8.42 Å². The highest BCUT2D eigenvalue weighted by molar-refractivity contribution is 7.85. The third-order valence-electron chi connectivity index (χ3n) is 7.26. The van der Waals surface area contributed by atoms with Gasteiger partial charge < -0.3 is 0 Å². The van der Waals surface area contributed by atoms with Gasteiger partial charge in [-0.3, -0.25) is 4.55 Å². The summed E-state index contributed by atoms with van der Waals surface area (Å²) in [5.41, 5.74) is 4.32. The van der Waals surface area contributed by atoms with Crippen molar-refractivity contribution in [1.29, 1.82) is 0 Å². The van der Waals surface area contributed by atoms with Crippen LogP contribution in [0, 0.1) is 0 Å². The summed E-state index contributed by atoms with van der Waals surface area (Å²) in [6.07, 6.45) is 17.1. The summed E-state index contributed by atoms with van der Waals surface area (Å²) in [7, 11) is -3.89. The van der Waals surface area contributed by atoms with Gasteiger partial charge >= 0.3 is 0 Å². The molecule has 3 fully saturated rings. The second-order valence-electron chi connectivity index (χ2n) is 8.87. The molecule has 1 aromatic rings. The van der Waals surface area contributed by atoms with Gasteiger partial charge in [-0.1, -0.05) is 45.7 Å². The fourth-order valence-corrected chi connectivity index (χ4v) is 11.0. The standard InChI is InChI=1S/C22H33O3PS/c23-27(24,25)22-15-11-18(12-16-22)17-9-13-21(14-10-17)26(19-5-1-2-6-19)20-7-3-4-8-20/h11-12,15-17,19-21H,1-10,13-14H2,(H,23,24,25). The third-order valence-corrected chi connectivity index (χ3v) is 12.2. The maximum Gasteiger partial charge on any atom is 0.294 e. The number of rotatable bonds is 5. The van der Waals surface area contributed by atoms with E-state index in [0.29, 0.717) is 5.92 Å². The zero-order chi connectivity index (χ0) is 18.9. The van der Waals surface area contributed by atoms with Crippen LogP contribution in [0.15, 0.2) is 29.2 Å². The SMILES string of the molecule is O=S(=O)(O)c1ccc(C2CCC(P(C3CCCC3)C3CCCC3)CC2)cc1. The molecule has 0 aliphatic heterocycles. The van der Waals surface area contributed by atoms with Crippen molar-refractivity contribution in [3.8, 4) is 0 Å². The molecule has 0 heterocycles. The minimum absolute atomic E-state index is 0.00548. The van der Waals surface area contributed by atoms with Gasteiger partial charge in [0.2, 0.25) is 0 Å². The van der Waals surface area contributed by atoms with E-state index in [1.54, 1.807) is 12.1 Å². The first-order chi connectivity index (χ1) is 13.0. The van der Waals surface area contributed by atoms with E-state index >= 15 is 0 Å². The molecule has 1 N–H and O–H groups in total. The van der Waals surface area contributed by atoms with E-state index < -0.39 is 10.1 Å². The summed E-state index contributed by atoms with van der Waals surface area (Å²) < 4.78 is 31.7. The van der Waals surface area contributed by atoms with Gasteiger partial charge in [0.1, 0.15) is 0 Å². The number of benzene rings is 1. The molecule has 3 saturated carbocycles. The summed E-state index contributed by atoms with van der Waals surface area (Å²) in [4.78, 5) is 0.00548. The maximum atomic E-state index is 11.2. The summed E-state index contributed by atoms with van der Waals surface area (Å²) >= 11 is 0. The predicted octanol–water partition coefficient (Wildman–Crippen LogP) is 6.33. The van der Waals surface area contributed by atoms with Crippen molar-refractivity contribution in [2.45, 2.75) is 105 Å². The van der Waals surface area contributed by atoms with Crippen LogP contribution in [0.1, 0.15) is 88.5 Å². The number of hydrogen-bond acceptors (Lipinski definition) is 2. The lowest BCUT2D eigenvalue weighted by atomic mass is 9.84. The van der Waals surface area contributed by atoms with Gasteiger partial charge in [0.05, 0.1) is 4.90 Å². The Morgan fingerprint density at radius 2 is 1.15 bits per heavy atom. The average Bonchev–Trinajstić information content (AvgIpc) is 3.37. The van der Waals surface area contributed by atoms with Crippen LogP contribution in [-0.2, 0) is 10.1 Å². The Bertz CT molecular complexity index is 694. The highest BCUT2D eigenvalue weighted by atomic mass is 32.2. The van der Waals surface area contributed by atoms with Crippen LogP contribution < -0.4 is 0 Å². The molecule has 27 heavy (non-hydrogen) atoms. The Labute approximate surface area is 165 Å². The first-order valence-electron chi connectivity index (χ1n) is 10.9. The maximum absolute atomic E-state index is 11.2. The Hall–Kier alpha value is -0.440. The van der Waals surface area contributed by atoms with Crippen molar-refractivity contribution < 1.29 is 13.0 Å². The Morgan fingerprint density at radius 3 is 1.59 bits per heavy atom. The molecule has 0 unspecified atom stereocenters. The molecule has 150 valence electrons. The smallest absolute Gasteiger partial charge is 0.282 e. The van der Waals surface area contributed by atoms with E-state index in [0.717, 1.165) is 17.0 Å². The van der Waals surface area contributed by atoms with E-state index in [2.05, 4.69) is 0 Å². The van der Waals surface area contributed by atoms with Crippen molar-refractivity contribution >= 4 is 18.0 Å². The third kappa shape index (κ3) is 4.60. The molecule has 0 bridgehead atoms. The minimum Gasteiger partial charge on any atom is -0.282 e. The molecular weight excluding hydrogens is 375 g/mol. The zero-order valence-corrected chi connectivity index (χ0v) is 17.9. The average molecular weight is 409 g/mol. The summed E-state index contributed by atoms with van der Waals surface area (Å²) in [6.45, 7) is 0. The van der Waals surface area contributed by atoms with Gasteiger partial charge in [-0.05, 0) is 92.0 Å². The minimum atomic E-state index is -4.09. The lowest BCUT2D eigenvalue weighted by Crippen LogP contribution is -2.24. The van der Waals surface area contributed by atoms with Crippen molar-refractivity contribution in [1.82, 2.24) is 0 Å². The van der Waals surface area contributed by atoms with E-state index in [9.17, 15) is 8.42 Å². The monoisotopic (exact) mass is 408 g/mol. The Balaban J connectivity index is 1.41. The fraction of sp³-hybridized carbons (Fsp3) is 0.727. The fourth-order valence-electron chi connectivity index (χ4n) is 5.92. The second-order valence-corrected chi connectivity index (χ2v) is 13.4. The molecule has 5 heteroatoms. The van der Waals surface area contributed by atoms with Crippen LogP contribution in [0.2, 0.25) is 0 Å². The molecule has 0 aromatic heterocycles. The lowest BCUT2D eigenvalue weighted by Gasteiger charge is -2.41. The van der Waals surface area contributed by atoms with Crippen LogP contribution in [-0.4, -0.2) is 29.9 Å². The van der Waals surface area contributed by atoms with Crippen LogP contribution in [0.3, 0.4) is 0 Å². The van der Waals surface area contributed by atoms with Crippen molar-refractivity contribution in [2.75, 3.05) is 0 Å². The van der Waals surface area contributed by atoms with Crippen molar-refractivity contribution in [2.24, 2.45) is 0 Å². The topological polar surface area (TPSA) is 54.4 Å². The summed E-state index contributed by atoms with van der Waals surface area (Å²) in [5, 5.41) is 0. The first-order valence-corrected chi connectivity index (χ1v) is 13.9. The van der Waals surface area contributed by atoms with Gasteiger partial charge in [-0.15, -0.1) is 0 Å². The second kappa shape index (κ2) is 8.51. The Kier molecular flexibility index (Phi) is 6.26. The van der Waals surface area contributed by atoms with E-state index in [1.807, 2.05) is 12.1 Å². The van der Waals surface area contributed by atoms with E-state index in [-0.39, 0.29) is 12.8 Å². The largest absolute Gasteiger partial charge is 0.294 e. The predicted molar refractivity (Wildman–Crippen MR) is 113 cm³/mol. The molecule has 0 atom stereocenters. The highest BCUT2D eigenvalue weighted by Gasteiger charge is 2.39. The molecule has 3 nitrogen and oxygen atoms in total. The Morgan fingerprint density at radius 1 is 0.704 bits per heavy atom. The van der Waals surface area contributed by atoms with Gasteiger partial charge in [0.25, 0.3) is 10.1 Å². The van der Waals surface area contributed by atoms with Gasteiger partial charge in [0, 0.05) is 0 Å². The van der Waals surface area contributed by atoms with Gasteiger partial charge in [-0.25, -0.2) is 0 Å². The van der Waals surface area contributed by atoms with Gasteiger partial charge in [0.15, 0.2) is 0 Å². The molecule has 0 saturated heterocycles. The molecule has 3 aliphatic rings. The van der Waals surface area contributed by atoms with Crippen LogP contribution in [0.5, 0.6) is 0 Å². The van der Waals surface area contributed by atoms with E-state index in [1.165, 1.54) is 82.6 Å². The molecule has 0 spiro atoms. The summed E-state index contributed by atoms with van der Waals surface area (Å²) in [5.74, 6) is 0.556. The van der Waals surface area contributed by atoms with Crippen LogP contribution >= 0.6 is 7.92 Å². The number of hydrogen-bond donors (Lipinski definition) is 1. The summed E-state index contributed by atoms with van der Waals surface area (Å²) in [6, 6.07) is 6.93. The molecule has 1 aromatic carbocycles. The lowest BCUT2D eigenvalue weighted by molar-refractivity contribution is 0.445. The van der Waals surface area contributed by atoms with Crippen molar-refractivity contribution in [3.63, 3.8) is 0 Å². The molecule has 0 radical (unpaired) electrons. The quantitative estimate of drug-likeness (QED) is 0.458. The zero-order valence-electron chi connectivity index (χ0n) is 16.2. The molecule has 3 aliphatic carbocycles. The van der Waals surface area contributed by atoms with Crippen LogP contribution in [0.4, 0.5) is 0 Å². The normalized spacial score (nSPS) is 28.2. The van der Waals surface area contributed by atoms with Crippen LogP contribution in [0.25, 0.3) is 0 Å². The highest BCUT2D eigenvalue weighted by Crippen LogP contribution is 2.63.